The molecule has 1 N–H and O–H groups in total. The van der Waals surface area contributed by atoms with Gasteiger partial charge in [-0.05, 0) is 31.9 Å². The highest BCUT2D eigenvalue weighted by Gasteiger charge is 2.02. The molecule has 1 aromatic heterocycles. The van der Waals surface area contributed by atoms with Crippen molar-refractivity contribution >= 4 is 0 Å². The lowest BCUT2D eigenvalue weighted by Gasteiger charge is -2.09. The zero-order chi connectivity index (χ0) is 12.5. The fourth-order valence-electron chi connectivity index (χ4n) is 1.48. The van der Waals surface area contributed by atoms with Gasteiger partial charge in [-0.2, -0.15) is 0 Å². The van der Waals surface area contributed by atoms with Crippen LogP contribution >= 0.6 is 0 Å². The Hall–Kier alpha value is -1.35. The summed E-state index contributed by atoms with van der Waals surface area (Å²) in [6.45, 7) is 10.4. The Morgan fingerprint density at radius 2 is 2.29 bits per heavy atom. The molecule has 1 heterocycles. The van der Waals surface area contributed by atoms with E-state index in [2.05, 4.69) is 29.9 Å². The Balaban J connectivity index is 2.50. The maximum Gasteiger partial charge on any atom is 0.213 e. The molecule has 0 aliphatic carbocycles. The van der Waals surface area contributed by atoms with Gasteiger partial charge in [0.1, 0.15) is 0 Å². The predicted octanol–water partition coefficient (Wildman–Crippen LogP) is 2.84. The maximum atomic E-state index is 5.51. The van der Waals surface area contributed by atoms with Gasteiger partial charge in [-0.1, -0.05) is 19.1 Å². The third kappa shape index (κ3) is 5.00. The van der Waals surface area contributed by atoms with Crippen molar-refractivity contribution in [3.05, 3.63) is 36.0 Å². The summed E-state index contributed by atoms with van der Waals surface area (Å²) in [6, 6.07) is 4.01. The number of hydrogen-bond acceptors (Lipinski definition) is 3. The van der Waals surface area contributed by atoms with Crippen molar-refractivity contribution in [2.75, 3.05) is 13.2 Å². The lowest BCUT2D eigenvalue weighted by Crippen LogP contribution is -2.15. The Labute approximate surface area is 104 Å². The van der Waals surface area contributed by atoms with E-state index < -0.39 is 0 Å². The number of nitrogens with zero attached hydrogens (tertiary/aromatic N) is 1. The SMILES string of the molecule is C=CCCOc1ccc(CNCCC)c(C)n1. The van der Waals surface area contributed by atoms with Gasteiger partial charge in [0.15, 0.2) is 0 Å². The average molecular weight is 234 g/mol. The zero-order valence-corrected chi connectivity index (χ0v) is 10.8. The summed E-state index contributed by atoms with van der Waals surface area (Å²) < 4.78 is 5.51. The van der Waals surface area contributed by atoms with Crippen LogP contribution in [-0.2, 0) is 6.54 Å². The van der Waals surface area contributed by atoms with E-state index >= 15 is 0 Å². The van der Waals surface area contributed by atoms with Gasteiger partial charge in [0.2, 0.25) is 5.88 Å². The molecule has 0 saturated carbocycles. The first-order chi connectivity index (χ1) is 8.27. The normalized spacial score (nSPS) is 10.2. The molecule has 0 aliphatic heterocycles. The van der Waals surface area contributed by atoms with E-state index in [4.69, 9.17) is 4.74 Å². The minimum Gasteiger partial charge on any atom is -0.477 e. The summed E-state index contributed by atoms with van der Waals surface area (Å²) in [4.78, 5) is 4.43. The van der Waals surface area contributed by atoms with Crippen LogP contribution < -0.4 is 10.1 Å². The monoisotopic (exact) mass is 234 g/mol. The van der Waals surface area contributed by atoms with Gasteiger partial charge in [-0.15, -0.1) is 6.58 Å². The number of pyridine rings is 1. The van der Waals surface area contributed by atoms with Crippen LogP contribution in [0.25, 0.3) is 0 Å². The van der Waals surface area contributed by atoms with E-state index in [1.807, 2.05) is 19.1 Å². The fraction of sp³-hybridized carbons (Fsp3) is 0.500. The van der Waals surface area contributed by atoms with Gasteiger partial charge in [-0.25, -0.2) is 4.98 Å². The third-order valence-electron chi connectivity index (χ3n) is 2.48. The smallest absolute Gasteiger partial charge is 0.213 e. The highest BCUT2D eigenvalue weighted by Crippen LogP contribution is 2.12. The summed E-state index contributed by atoms with van der Waals surface area (Å²) in [5, 5.41) is 3.37. The number of nitrogens with one attached hydrogen (secondary N) is 1. The Bertz CT molecular complexity index is 350. The van der Waals surface area contributed by atoms with Crippen LogP contribution in [0.1, 0.15) is 31.0 Å². The molecule has 17 heavy (non-hydrogen) atoms. The Kier molecular flexibility index (Phi) is 6.33. The van der Waals surface area contributed by atoms with Crippen LogP contribution in [-0.4, -0.2) is 18.1 Å². The highest BCUT2D eigenvalue weighted by atomic mass is 16.5. The molecule has 0 saturated heterocycles. The summed E-state index contributed by atoms with van der Waals surface area (Å²) in [7, 11) is 0. The number of aryl methyl sites for hydroxylation is 1. The molecule has 0 radical (unpaired) electrons. The summed E-state index contributed by atoms with van der Waals surface area (Å²) in [6.07, 6.45) is 3.84. The second kappa shape index (κ2) is 7.85. The number of hydrogen-bond donors (Lipinski definition) is 1. The van der Waals surface area contributed by atoms with Crippen molar-refractivity contribution in [2.24, 2.45) is 0 Å². The first-order valence-corrected chi connectivity index (χ1v) is 6.18. The largest absolute Gasteiger partial charge is 0.477 e. The highest BCUT2D eigenvalue weighted by molar-refractivity contribution is 5.24. The van der Waals surface area contributed by atoms with E-state index in [-0.39, 0.29) is 0 Å². The van der Waals surface area contributed by atoms with Crippen LogP contribution in [0.2, 0.25) is 0 Å². The molecule has 0 unspecified atom stereocenters. The van der Waals surface area contributed by atoms with Crippen LogP contribution in [0.5, 0.6) is 5.88 Å². The molecule has 0 bridgehead atoms. The quantitative estimate of drug-likeness (QED) is 0.555. The molecule has 3 heteroatoms. The van der Waals surface area contributed by atoms with E-state index in [1.54, 1.807) is 0 Å². The minimum absolute atomic E-state index is 0.642. The van der Waals surface area contributed by atoms with Crippen molar-refractivity contribution in [1.29, 1.82) is 0 Å². The molecule has 1 aromatic rings. The van der Waals surface area contributed by atoms with Crippen LogP contribution in [0, 0.1) is 6.92 Å². The molecule has 0 aliphatic rings. The van der Waals surface area contributed by atoms with Gasteiger partial charge >= 0.3 is 0 Å². The van der Waals surface area contributed by atoms with Gasteiger partial charge < -0.3 is 10.1 Å². The summed E-state index contributed by atoms with van der Waals surface area (Å²) in [5.74, 6) is 0.698. The molecule has 94 valence electrons. The second-order valence-corrected chi connectivity index (χ2v) is 4.00. The average Bonchev–Trinajstić information content (AvgIpc) is 2.32. The lowest BCUT2D eigenvalue weighted by atomic mass is 10.2. The van der Waals surface area contributed by atoms with E-state index in [0.29, 0.717) is 12.5 Å². The van der Waals surface area contributed by atoms with Crippen molar-refractivity contribution in [3.8, 4) is 5.88 Å². The standard InChI is InChI=1S/C14H22N2O/c1-4-6-10-17-14-8-7-13(12(3)16-14)11-15-9-5-2/h4,7-8,15H,1,5-6,9-11H2,2-3H3. The first-order valence-electron chi connectivity index (χ1n) is 6.18. The van der Waals surface area contributed by atoms with E-state index in [0.717, 1.165) is 31.6 Å². The first kappa shape index (κ1) is 13.7. The Morgan fingerprint density at radius 1 is 1.47 bits per heavy atom. The Morgan fingerprint density at radius 3 is 2.94 bits per heavy atom. The van der Waals surface area contributed by atoms with Crippen molar-refractivity contribution in [2.45, 2.75) is 33.2 Å². The number of aromatic nitrogens is 1. The molecule has 0 fully saturated rings. The third-order valence-corrected chi connectivity index (χ3v) is 2.48. The zero-order valence-electron chi connectivity index (χ0n) is 10.8. The van der Waals surface area contributed by atoms with Gasteiger partial charge in [-0.3, -0.25) is 0 Å². The molecule has 0 amide bonds. The molecular weight excluding hydrogens is 212 g/mol. The van der Waals surface area contributed by atoms with E-state index in [9.17, 15) is 0 Å². The predicted molar refractivity (Wildman–Crippen MR) is 71.3 cm³/mol. The second-order valence-electron chi connectivity index (χ2n) is 4.00. The number of ether oxygens (including phenoxy) is 1. The topological polar surface area (TPSA) is 34.1 Å². The van der Waals surface area contributed by atoms with Crippen LogP contribution in [0.3, 0.4) is 0 Å². The molecule has 3 nitrogen and oxygen atoms in total. The summed E-state index contributed by atoms with van der Waals surface area (Å²) in [5.41, 5.74) is 2.26. The lowest BCUT2D eigenvalue weighted by molar-refractivity contribution is 0.311. The fourth-order valence-corrected chi connectivity index (χ4v) is 1.48. The van der Waals surface area contributed by atoms with Crippen LogP contribution in [0.15, 0.2) is 24.8 Å². The van der Waals surface area contributed by atoms with Gasteiger partial charge in [0, 0.05) is 18.3 Å². The van der Waals surface area contributed by atoms with Crippen LogP contribution in [0.4, 0.5) is 0 Å². The minimum atomic E-state index is 0.642. The van der Waals surface area contributed by atoms with E-state index in [1.165, 1.54) is 5.56 Å². The van der Waals surface area contributed by atoms with Crippen molar-refractivity contribution in [1.82, 2.24) is 10.3 Å². The molecule has 0 atom stereocenters. The molecule has 0 spiro atoms. The molecule has 1 rings (SSSR count). The molecule has 0 aromatic carbocycles. The van der Waals surface area contributed by atoms with Crippen molar-refractivity contribution < 1.29 is 4.74 Å². The molecular formula is C14H22N2O. The van der Waals surface area contributed by atoms with Gasteiger partial charge in [0.25, 0.3) is 0 Å². The maximum absolute atomic E-state index is 5.51. The number of rotatable bonds is 8. The van der Waals surface area contributed by atoms with Crippen molar-refractivity contribution in [3.63, 3.8) is 0 Å². The summed E-state index contributed by atoms with van der Waals surface area (Å²) >= 11 is 0. The van der Waals surface area contributed by atoms with Gasteiger partial charge in [0.05, 0.1) is 6.61 Å².